The Morgan fingerprint density at radius 3 is 1.57 bits per heavy atom. The van der Waals surface area contributed by atoms with Crippen LogP contribution < -0.4 is 0 Å². The molecular weight excluding hydrogens is 296 g/mol. The molecule has 5 heteroatoms. The number of rotatable bonds is 4. The predicted molar refractivity (Wildman–Crippen MR) is 82.3 cm³/mol. The molecule has 23 heavy (non-hydrogen) atoms. The quantitative estimate of drug-likeness (QED) is 0.588. The zero-order chi connectivity index (χ0) is 17.0. The Labute approximate surface area is 135 Å². The highest BCUT2D eigenvalue weighted by molar-refractivity contribution is 5.90. The van der Waals surface area contributed by atoms with Crippen LogP contribution in [0.3, 0.4) is 0 Å². The molecule has 0 amide bonds. The van der Waals surface area contributed by atoms with Crippen LogP contribution >= 0.6 is 0 Å². The molecule has 4 aliphatic rings. The lowest BCUT2D eigenvalue weighted by atomic mass is 9.51. The van der Waals surface area contributed by atoms with Crippen molar-refractivity contribution in [2.24, 2.45) is 11.8 Å². The van der Waals surface area contributed by atoms with Gasteiger partial charge in [0.15, 0.2) is 0 Å². The van der Waals surface area contributed by atoms with E-state index in [9.17, 15) is 14.4 Å². The van der Waals surface area contributed by atoms with Gasteiger partial charge in [-0.15, -0.1) is 0 Å². The highest BCUT2D eigenvalue weighted by Crippen LogP contribution is 2.59. The second kappa shape index (κ2) is 5.05. The average molecular weight is 318 g/mol. The molecule has 0 heterocycles. The zero-order valence-corrected chi connectivity index (χ0v) is 13.6. The Balaban J connectivity index is 1.89. The maximum Gasteiger partial charge on any atom is 0.333 e. The molecule has 0 atom stereocenters. The van der Waals surface area contributed by atoms with Gasteiger partial charge in [0.05, 0.1) is 0 Å². The van der Waals surface area contributed by atoms with Crippen molar-refractivity contribution in [3.8, 4) is 0 Å². The maximum atomic E-state index is 12.4. The van der Waals surface area contributed by atoms with Gasteiger partial charge in [-0.05, 0) is 39.5 Å². The summed E-state index contributed by atoms with van der Waals surface area (Å²) in [5.74, 6) is -1.07. The van der Waals surface area contributed by atoms with Crippen LogP contribution in [0.5, 0.6) is 0 Å². The normalized spacial score (nSPS) is 37.4. The van der Waals surface area contributed by atoms with Crippen molar-refractivity contribution in [3.05, 3.63) is 24.3 Å². The van der Waals surface area contributed by atoms with Crippen molar-refractivity contribution >= 4 is 17.7 Å². The largest absolute Gasteiger partial charge is 0.456 e. The Bertz CT molecular complexity index is 565. The molecule has 4 fully saturated rings. The first-order valence-corrected chi connectivity index (χ1v) is 7.97. The summed E-state index contributed by atoms with van der Waals surface area (Å²) in [7, 11) is 0. The van der Waals surface area contributed by atoms with Gasteiger partial charge in [0.2, 0.25) is 0 Å². The van der Waals surface area contributed by atoms with E-state index in [2.05, 4.69) is 13.2 Å². The maximum absolute atomic E-state index is 12.4. The number of ether oxygens (including phenoxy) is 2. The van der Waals surface area contributed by atoms with E-state index in [1.54, 1.807) is 13.8 Å². The topological polar surface area (TPSA) is 69.7 Å². The van der Waals surface area contributed by atoms with Crippen LogP contribution in [-0.4, -0.2) is 28.9 Å². The van der Waals surface area contributed by atoms with E-state index < -0.39 is 23.1 Å². The SMILES string of the molecule is C=C(C)C(=O)OC12CC3CC(OC(=O)C(=C)C)(CC(C1)C3=O)C2. The van der Waals surface area contributed by atoms with Gasteiger partial charge in [0.25, 0.3) is 0 Å². The lowest BCUT2D eigenvalue weighted by Gasteiger charge is -2.59. The third kappa shape index (κ3) is 2.62. The number of hydrogen-bond acceptors (Lipinski definition) is 5. The standard InChI is InChI=1S/C18H22O5/c1-10(2)15(20)22-17-5-12-7-18(9-17,23-16(21)11(3)4)8-13(6-17)14(12)19/h12-13H,1,3,5-9H2,2,4H3. The Morgan fingerprint density at radius 2 is 1.26 bits per heavy atom. The molecule has 0 aliphatic heterocycles. The highest BCUT2D eigenvalue weighted by Gasteiger charge is 2.64. The van der Waals surface area contributed by atoms with Crippen LogP contribution in [0.25, 0.3) is 0 Å². The molecule has 4 aliphatic carbocycles. The number of carbonyl (C=O) groups is 3. The molecule has 0 unspecified atom stereocenters. The fraction of sp³-hybridized carbons (Fsp3) is 0.611. The van der Waals surface area contributed by atoms with Gasteiger partial charge >= 0.3 is 11.9 Å². The molecule has 0 aromatic heterocycles. The molecule has 124 valence electrons. The lowest BCUT2D eigenvalue weighted by Crippen LogP contribution is -2.65. The highest BCUT2D eigenvalue weighted by atomic mass is 16.6. The zero-order valence-electron chi connectivity index (χ0n) is 13.6. The fourth-order valence-corrected chi connectivity index (χ4v) is 4.53. The van der Waals surface area contributed by atoms with E-state index in [1.165, 1.54) is 0 Å². The number of hydrogen-bond donors (Lipinski definition) is 0. The minimum Gasteiger partial charge on any atom is -0.456 e. The summed E-state index contributed by atoms with van der Waals surface area (Å²) in [6.07, 6.45) is 2.54. The smallest absolute Gasteiger partial charge is 0.333 e. The van der Waals surface area contributed by atoms with Crippen LogP contribution in [0.1, 0.15) is 46.0 Å². The summed E-state index contributed by atoms with van der Waals surface area (Å²) in [6, 6.07) is 0. The van der Waals surface area contributed by atoms with Gasteiger partial charge in [0, 0.05) is 29.4 Å². The molecule has 4 saturated carbocycles. The number of ketones is 1. The molecule has 0 aromatic rings. The molecule has 0 saturated heterocycles. The van der Waals surface area contributed by atoms with Crippen molar-refractivity contribution in [3.63, 3.8) is 0 Å². The van der Waals surface area contributed by atoms with E-state index in [0.29, 0.717) is 43.3 Å². The Kier molecular flexibility index (Phi) is 3.50. The number of esters is 2. The van der Waals surface area contributed by atoms with E-state index in [0.717, 1.165) is 0 Å². The summed E-state index contributed by atoms with van der Waals surface area (Å²) in [4.78, 5) is 36.4. The second-order valence-corrected chi connectivity index (χ2v) is 7.50. The van der Waals surface area contributed by atoms with E-state index in [-0.39, 0.29) is 17.6 Å². The minimum atomic E-state index is -0.717. The molecule has 4 rings (SSSR count). The monoisotopic (exact) mass is 318 g/mol. The first-order chi connectivity index (χ1) is 10.7. The predicted octanol–water partition coefficient (Wildman–Crippen LogP) is 2.50. The first-order valence-electron chi connectivity index (χ1n) is 7.97. The molecule has 5 nitrogen and oxygen atoms in total. The van der Waals surface area contributed by atoms with Gasteiger partial charge in [-0.25, -0.2) is 9.59 Å². The number of carbonyl (C=O) groups excluding carboxylic acids is 3. The molecule has 4 bridgehead atoms. The third-order valence-corrected chi connectivity index (χ3v) is 5.24. The van der Waals surface area contributed by atoms with Crippen molar-refractivity contribution in [2.45, 2.75) is 57.2 Å². The van der Waals surface area contributed by atoms with Crippen molar-refractivity contribution < 1.29 is 23.9 Å². The van der Waals surface area contributed by atoms with Crippen molar-refractivity contribution in [2.75, 3.05) is 0 Å². The van der Waals surface area contributed by atoms with Crippen molar-refractivity contribution in [1.29, 1.82) is 0 Å². The molecule has 0 N–H and O–H groups in total. The summed E-state index contributed by atoms with van der Waals surface area (Å²) >= 11 is 0. The van der Waals surface area contributed by atoms with Gasteiger partial charge in [-0.2, -0.15) is 0 Å². The van der Waals surface area contributed by atoms with Crippen LogP contribution in [0.2, 0.25) is 0 Å². The Hall–Kier alpha value is -1.91. The van der Waals surface area contributed by atoms with Crippen LogP contribution in [0, 0.1) is 11.8 Å². The summed E-state index contributed by atoms with van der Waals surface area (Å²) in [5.41, 5.74) is -0.767. The molecular formula is C18H22O5. The van der Waals surface area contributed by atoms with Gasteiger partial charge in [-0.1, -0.05) is 13.2 Å². The average Bonchev–Trinajstić information content (AvgIpc) is 2.42. The van der Waals surface area contributed by atoms with Crippen LogP contribution in [0.4, 0.5) is 0 Å². The van der Waals surface area contributed by atoms with Gasteiger partial charge < -0.3 is 9.47 Å². The molecule has 0 spiro atoms. The fourth-order valence-electron chi connectivity index (χ4n) is 4.53. The Morgan fingerprint density at radius 1 is 0.913 bits per heavy atom. The lowest BCUT2D eigenvalue weighted by molar-refractivity contribution is -0.224. The van der Waals surface area contributed by atoms with E-state index in [1.807, 2.05) is 0 Å². The summed E-state index contributed by atoms with van der Waals surface area (Å²) in [6.45, 7) is 10.4. The summed E-state index contributed by atoms with van der Waals surface area (Å²) in [5, 5.41) is 0. The van der Waals surface area contributed by atoms with Gasteiger partial charge in [-0.3, -0.25) is 4.79 Å². The third-order valence-electron chi connectivity index (χ3n) is 5.24. The second-order valence-electron chi connectivity index (χ2n) is 7.50. The van der Waals surface area contributed by atoms with E-state index in [4.69, 9.17) is 9.47 Å². The summed E-state index contributed by atoms with van der Waals surface area (Å²) < 4.78 is 11.4. The van der Waals surface area contributed by atoms with Crippen LogP contribution in [0.15, 0.2) is 24.3 Å². The van der Waals surface area contributed by atoms with Crippen molar-refractivity contribution in [1.82, 2.24) is 0 Å². The number of Topliss-reactive ketones (excluding diaryl/α,β-unsaturated/α-hetero) is 1. The molecule has 0 aromatic carbocycles. The first kappa shape index (κ1) is 16.0. The molecule has 0 radical (unpaired) electrons. The van der Waals surface area contributed by atoms with Gasteiger partial charge in [0.1, 0.15) is 17.0 Å². The minimum absolute atomic E-state index is 0.202. The van der Waals surface area contributed by atoms with E-state index >= 15 is 0 Å². The van der Waals surface area contributed by atoms with Crippen LogP contribution in [-0.2, 0) is 23.9 Å².